The van der Waals surface area contributed by atoms with Crippen LogP contribution in [0.25, 0.3) is 0 Å². The van der Waals surface area contributed by atoms with E-state index in [4.69, 9.17) is 0 Å². The van der Waals surface area contributed by atoms with E-state index in [1.807, 2.05) is 19.9 Å². The van der Waals surface area contributed by atoms with Gasteiger partial charge in [-0.2, -0.15) is 0 Å². The smallest absolute Gasteiger partial charge is 0.178 e. The molecule has 4 aliphatic rings. The minimum absolute atomic E-state index is 0.0378. The van der Waals surface area contributed by atoms with Gasteiger partial charge in [0.05, 0.1) is 12.2 Å². The van der Waals surface area contributed by atoms with Gasteiger partial charge in [-0.05, 0) is 56.6 Å². The second kappa shape index (κ2) is 5.37. The normalized spacial score (nSPS) is 52.8. The maximum atomic E-state index is 12.3. The number of Topliss-reactive ketones (excluding diaryl/α,β-unsaturated/α-hetero) is 1. The fourth-order valence-corrected chi connectivity index (χ4v) is 6.87. The quantitative estimate of drug-likeness (QED) is 0.660. The molecule has 3 fully saturated rings. The third kappa shape index (κ3) is 2.02. The van der Waals surface area contributed by atoms with Crippen LogP contribution in [0.2, 0.25) is 0 Å². The molecule has 0 aromatic carbocycles. The van der Waals surface area contributed by atoms with E-state index in [1.54, 1.807) is 12.2 Å². The van der Waals surface area contributed by atoms with Crippen LogP contribution in [0.3, 0.4) is 0 Å². The zero-order valence-electron chi connectivity index (χ0n) is 15.6. The van der Waals surface area contributed by atoms with E-state index >= 15 is 0 Å². The van der Waals surface area contributed by atoms with Crippen molar-refractivity contribution in [1.82, 2.24) is 0 Å². The van der Waals surface area contributed by atoms with E-state index < -0.39 is 28.6 Å². The largest absolute Gasteiger partial charge is 0.393 e. The highest BCUT2D eigenvalue weighted by molar-refractivity contribution is 6.01. The summed E-state index contributed by atoms with van der Waals surface area (Å²) in [6, 6.07) is 0. The topological polar surface area (TPSA) is 94.8 Å². The van der Waals surface area contributed by atoms with E-state index in [1.165, 1.54) is 6.92 Å². The molecule has 0 radical (unpaired) electrons. The molecule has 4 aliphatic carbocycles. The van der Waals surface area contributed by atoms with Crippen LogP contribution >= 0.6 is 0 Å². The molecule has 0 amide bonds. The Labute approximate surface area is 153 Å². The molecule has 0 aliphatic heterocycles. The number of aliphatic hydroxyl groups excluding tert-OH is 2. The Morgan fingerprint density at radius 2 is 1.92 bits per heavy atom. The van der Waals surface area contributed by atoms with Gasteiger partial charge in [0.2, 0.25) is 0 Å². The fraction of sp³-hybridized carbons (Fsp3) is 0.714. The summed E-state index contributed by atoms with van der Waals surface area (Å²) in [7, 11) is 0. The predicted molar refractivity (Wildman–Crippen MR) is 95.0 cm³/mol. The first-order valence-electron chi connectivity index (χ1n) is 9.58. The van der Waals surface area contributed by atoms with Gasteiger partial charge in [-0.15, -0.1) is 0 Å². The molecule has 0 saturated heterocycles. The Bertz CT molecular complexity index is 739. The molecule has 8 atom stereocenters. The van der Waals surface area contributed by atoms with Gasteiger partial charge in [-0.1, -0.05) is 25.5 Å². The third-order valence-corrected chi connectivity index (χ3v) is 8.26. The van der Waals surface area contributed by atoms with Gasteiger partial charge < -0.3 is 15.3 Å². The first kappa shape index (κ1) is 18.1. The summed E-state index contributed by atoms with van der Waals surface area (Å²) in [6.45, 7) is 5.34. The molecule has 5 heteroatoms. The van der Waals surface area contributed by atoms with Gasteiger partial charge in [0, 0.05) is 16.7 Å². The monoisotopic (exact) mass is 360 g/mol. The number of hydrogen-bond acceptors (Lipinski definition) is 5. The molecule has 26 heavy (non-hydrogen) atoms. The molecule has 0 bridgehead atoms. The van der Waals surface area contributed by atoms with Crippen molar-refractivity contribution in [2.45, 2.75) is 64.3 Å². The predicted octanol–water partition coefficient (Wildman–Crippen LogP) is 1.56. The summed E-state index contributed by atoms with van der Waals surface area (Å²) in [4.78, 5) is 24.1. The number of ketones is 2. The summed E-state index contributed by atoms with van der Waals surface area (Å²) in [5.74, 6) is -0.811. The van der Waals surface area contributed by atoms with Crippen molar-refractivity contribution in [3.05, 3.63) is 23.8 Å². The van der Waals surface area contributed by atoms with Gasteiger partial charge in [0.1, 0.15) is 5.60 Å². The highest BCUT2D eigenvalue weighted by Crippen LogP contribution is 2.67. The molecule has 5 nitrogen and oxygen atoms in total. The summed E-state index contributed by atoms with van der Waals surface area (Å²) in [6.07, 6.45) is 5.35. The summed E-state index contributed by atoms with van der Waals surface area (Å²) in [5.41, 5.74) is -1.79. The first-order valence-corrected chi connectivity index (χ1v) is 9.58. The fourth-order valence-electron chi connectivity index (χ4n) is 6.87. The lowest BCUT2D eigenvalue weighted by Crippen LogP contribution is -2.63. The van der Waals surface area contributed by atoms with Crippen molar-refractivity contribution < 1.29 is 24.9 Å². The molecule has 3 N–H and O–H groups in total. The van der Waals surface area contributed by atoms with E-state index in [2.05, 4.69) is 0 Å². The van der Waals surface area contributed by atoms with Crippen LogP contribution in [0.15, 0.2) is 23.8 Å². The SMILES string of the molecule is CC(=O)[C@@]1(O)CC[C@H]2[C@H]3[C@H]([C@@H](O)C[C@@]21C)[C@@]1(C)C=CC(=O)C=C1C[C@@H]3O. The zero-order valence-corrected chi connectivity index (χ0v) is 15.6. The molecule has 3 saturated carbocycles. The minimum atomic E-state index is -1.45. The Kier molecular flexibility index (Phi) is 3.73. The van der Waals surface area contributed by atoms with E-state index in [-0.39, 0.29) is 29.3 Å². The molecule has 4 rings (SSSR count). The lowest BCUT2D eigenvalue weighted by Gasteiger charge is -2.60. The van der Waals surface area contributed by atoms with Gasteiger partial charge in [0.25, 0.3) is 0 Å². The Balaban J connectivity index is 1.81. The molecule has 0 unspecified atom stereocenters. The van der Waals surface area contributed by atoms with Crippen molar-refractivity contribution >= 4 is 11.6 Å². The maximum absolute atomic E-state index is 12.3. The van der Waals surface area contributed by atoms with Crippen LogP contribution in [0.5, 0.6) is 0 Å². The van der Waals surface area contributed by atoms with Crippen molar-refractivity contribution in [1.29, 1.82) is 0 Å². The maximum Gasteiger partial charge on any atom is 0.178 e. The van der Waals surface area contributed by atoms with Crippen LogP contribution < -0.4 is 0 Å². The van der Waals surface area contributed by atoms with E-state index in [0.29, 0.717) is 25.7 Å². The number of hydrogen-bond donors (Lipinski definition) is 3. The van der Waals surface area contributed by atoms with E-state index in [0.717, 1.165) is 5.57 Å². The van der Waals surface area contributed by atoms with Crippen molar-refractivity contribution in [2.75, 3.05) is 0 Å². The van der Waals surface area contributed by atoms with Crippen LogP contribution in [0.4, 0.5) is 0 Å². The molecule has 0 spiro atoms. The van der Waals surface area contributed by atoms with Crippen LogP contribution in [-0.2, 0) is 9.59 Å². The lowest BCUT2D eigenvalue weighted by atomic mass is 9.45. The molecular formula is C21H28O5. The standard InChI is InChI=1S/C21H28O5/c1-11(22)21(26)7-5-14-17-15(24)9-12-8-13(23)4-6-19(12,2)18(17)16(25)10-20(14,21)3/h4,6,8,14-18,24-26H,5,7,9-10H2,1-3H3/t14-,15-,16-,17+,18-,19-,20-,21-/m0/s1. The third-order valence-electron chi connectivity index (χ3n) is 8.26. The molecular weight excluding hydrogens is 332 g/mol. The highest BCUT2D eigenvalue weighted by Gasteiger charge is 2.68. The Hall–Kier alpha value is -1.30. The number of carbonyl (C=O) groups excluding carboxylic acids is 2. The van der Waals surface area contributed by atoms with Gasteiger partial charge >= 0.3 is 0 Å². The van der Waals surface area contributed by atoms with Gasteiger partial charge in [0.15, 0.2) is 11.6 Å². The number of carbonyl (C=O) groups is 2. The van der Waals surface area contributed by atoms with Gasteiger partial charge in [-0.25, -0.2) is 0 Å². The summed E-state index contributed by atoms with van der Waals surface area (Å²) >= 11 is 0. The number of rotatable bonds is 1. The Morgan fingerprint density at radius 1 is 1.23 bits per heavy atom. The number of aliphatic hydroxyl groups is 3. The second-order valence-electron chi connectivity index (χ2n) is 9.31. The minimum Gasteiger partial charge on any atom is -0.393 e. The molecule has 0 heterocycles. The number of fused-ring (bicyclic) bond motifs is 5. The first-order chi connectivity index (χ1) is 12.0. The average Bonchev–Trinajstić information content (AvgIpc) is 2.81. The summed E-state index contributed by atoms with van der Waals surface area (Å²) < 4.78 is 0. The van der Waals surface area contributed by atoms with Crippen LogP contribution in [0.1, 0.15) is 46.5 Å². The van der Waals surface area contributed by atoms with Crippen molar-refractivity contribution in [3.8, 4) is 0 Å². The zero-order chi connectivity index (χ0) is 19.1. The Morgan fingerprint density at radius 3 is 2.58 bits per heavy atom. The summed E-state index contributed by atoms with van der Waals surface area (Å²) in [5, 5.41) is 33.3. The average molecular weight is 360 g/mol. The molecule has 142 valence electrons. The lowest BCUT2D eigenvalue weighted by molar-refractivity contribution is -0.189. The van der Waals surface area contributed by atoms with Crippen molar-refractivity contribution in [3.63, 3.8) is 0 Å². The second-order valence-corrected chi connectivity index (χ2v) is 9.31. The number of allylic oxidation sites excluding steroid dienone is 3. The molecule has 0 aromatic rings. The van der Waals surface area contributed by atoms with E-state index in [9.17, 15) is 24.9 Å². The van der Waals surface area contributed by atoms with Crippen LogP contribution in [0, 0.1) is 28.6 Å². The highest BCUT2D eigenvalue weighted by atomic mass is 16.3. The molecule has 0 aromatic heterocycles. The van der Waals surface area contributed by atoms with Crippen molar-refractivity contribution in [2.24, 2.45) is 28.6 Å². The van der Waals surface area contributed by atoms with Gasteiger partial charge in [-0.3, -0.25) is 9.59 Å². The van der Waals surface area contributed by atoms with Crippen LogP contribution in [-0.4, -0.2) is 44.7 Å².